The molecule has 10 heavy (non-hydrogen) atoms. The third-order valence-corrected chi connectivity index (χ3v) is 1.48. The molecule has 0 aromatic heterocycles. The number of hydrogen-bond donors (Lipinski definition) is 1. The largest absolute Gasteiger partial charge is 0.478 e. The molecule has 0 spiro atoms. The first kappa shape index (κ1) is 7.28. The molecule has 0 aliphatic carbocycles. The van der Waals surface area contributed by atoms with E-state index in [1.807, 2.05) is 0 Å². The van der Waals surface area contributed by atoms with Crippen LogP contribution in [0.25, 0.3) is 0 Å². The topological polar surface area (TPSA) is 46.5 Å². The van der Waals surface area contributed by atoms with Crippen molar-refractivity contribution in [2.75, 3.05) is 13.2 Å². The van der Waals surface area contributed by atoms with E-state index in [1.165, 1.54) is 6.08 Å². The van der Waals surface area contributed by atoms with Gasteiger partial charge in [0.25, 0.3) is 0 Å². The molecule has 1 N–H and O–H groups in total. The molecule has 1 saturated heterocycles. The van der Waals surface area contributed by atoms with Gasteiger partial charge in [-0.1, -0.05) is 6.08 Å². The first-order chi connectivity index (χ1) is 4.79. The summed E-state index contributed by atoms with van der Waals surface area (Å²) in [7, 11) is 0. The fraction of sp³-hybridized carbons (Fsp3) is 0.571. The predicted octanol–water partition coefficient (Wildman–Crippen LogP) is 0.664. The fourth-order valence-electron chi connectivity index (χ4n) is 0.923. The number of rotatable bonds is 2. The third-order valence-electron chi connectivity index (χ3n) is 1.48. The van der Waals surface area contributed by atoms with Gasteiger partial charge in [0, 0.05) is 18.6 Å². The lowest BCUT2D eigenvalue weighted by atomic mass is 10.1. The summed E-state index contributed by atoms with van der Waals surface area (Å²) in [5.41, 5.74) is 0. The summed E-state index contributed by atoms with van der Waals surface area (Å²) in [6.07, 6.45) is 3.82. The summed E-state index contributed by atoms with van der Waals surface area (Å²) in [6.45, 7) is 1.43. The van der Waals surface area contributed by atoms with Gasteiger partial charge in [0.15, 0.2) is 0 Å². The summed E-state index contributed by atoms with van der Waals surface area (Å²) < 4.78 is 5.05. The van der Waals surface area contributed by atoms with Crippen LogP contribution in [0.2, 0.25) is 0 Å². The van der Waals surface area contributed by atoms with E-state index >= 15 is 0 Å². The lowest BCUT2D eigenvalue weighted by Gasteiger charge is -1.94. The second kappa shape index (κ2) is 3.37. The van der Waals surface area contributed by atoms with Crippen molar-refractivity contribution in [2.45, 2.75) is 6.42 Å². The molecule has 1 unspecified atom stereocenters. The molecule has 0 radical (unpaired) electrons. The number of ether oxygens (including phenoxy) is 1. The molecular formula is C7H10O3. The Labute approximate surface area is 59.3 Å². The predicted molar refractivity (Wildman–Crippen MR) is 35.7 cm³/mol. The summed E-state index contributed by atoms with van der Waals surface area (Å²) >= 11 is 0. The summed E-state index contributed by atoms with van der Waals surface area (Å²) in [6, 6.07) is 0. The molecule has 1 heterocycles. The molecule has 1 atom stereocenters. The lowest BCUT2D eigenvalue weighted by molar-refractivity contribution is -0.131. The highest BCUT2D eigenvalue weighted by Crippen LogP contribution is 2.12. The van der Waals surface area contributed by atoms with Crippen molar-refractivity contribution in [3.05, 3.63) is 12.2 Å². The molecular weight excluding hydrogens is 132 g/mol. The van der Waals surface area contributed by atoms with Crippen LogP contribution in [0, 0.1) is 5.92 Å². The Morgan fingerprint density at radius 3 is 3.00 bits per heavy atom. The van der Waals surface area contributed by atoms with Gasteiger partial charge in [0.05, 0.1) is 6.61 Å². The Bertz CT molecular complexity index is 145. The standard InChI is InChI=1S/C7H10O3/c8-7(9)2-1-6-3-4-10-5-6/h1-2,6H,3-5H2,(H,8,9). The van der Waals surface area contributed by atoms with Gasteiger partial charge in [-0.2, -0.15) is 0 Å². The van der Waals surface area contributed by atoms with Crippen LogP contribution in [-0.4, -0.2) is 24.3 Å². The Morgan fingerprint density at radius 1 is 1.70 bits per heavy atom. The van der Waals surface area contributed by atoms with Crippen LogP contribution >= 0.6 is 0 Å². The quantitative estimate of drug-likeness (QED) is 0.576. The van der Waals surface area contributed by atoms with Crippen molar-refractivity contribution in [1.29, 1.82) is 0 Å². The lowest BCUT2D eigenvalue weighted by Crippen LogP contribution is -1.95. The van der Waals surface area contributed by atoms with Crippen molar-refractivity contribution in [3.8, 4) is 0 Å². The molecule has 3 nitrogen and oxygen atoms in total. The SMILES string of the molecule is O=C(O)C=CC1CCOC1. The van der Waals surface area contributed by atoms with Crippen molar-refractivity contribution in [1.82, 2.24) is 0 Å². The van der Waals surface area contributed by atoms with E-state index < -0.39 is 5.97 Å². The average molecular weight is 142 g/mol. The van der Waals surface area contributed by atoms with Crippen molar-refractivity contribution in [3.63, 3.8) is 0 Å². The highest BCUT2D eigenvalue weighted by Gasteiger charge is 2.11. The highest BCUT2D eigenvalue weighted by atomic mass is 16.5. The molecule has 0 bridgehead atoms. The van der Waals surface area contributed by atoms with Crippen LogP contribution < -0.4 is 0 Å². The molecule has 56 valence electrons. The van der Waals surface area contributed by atoms with Gasteiger partial charge in [-0.25, -0.2) is 4.79 Å². The third kappa shape index (κ3) is 2.19. The Balaban J connectivity index is 2.29. The number of carbonyl (C=O) groups is 1. The maximum absolute atomic E-state index is 10.0. The molecule has 0 aromatic carbocycles. The molecule has 3 heteroatoms. The van der Waals surface area contributed by atoms with Gasteiger partial charge in [0.2, 0.25) is 0 Å². The minimum absolute atomic E-state index is 0.316. The molecule has 0 amide bonds. The van der Waals surface area contributed by atoms with Gasteiger partial charge in [-0.15, -0.1) is 0 Å². The smallest absolute Gasteiger partial charge is 0.327 e. The zero-order valence-corrected chi connectivity index (χ0v) is 5.62. The molecule has 0 saturated carbocycles. The zero-order valence-electron chi connectivity index (χ0n) is 5.62. The molecule has 1 aliphatic rings. The van der Waals surface area contributed by atoms with Gasteiger partial charge in [0.1, 0.15) is 0 Å². The first-order valence-corrected chi connectivity index (χ1v) is 3.28. The highest BCUT2D eigenvalue weighted by molar-refractivity contribution is 5.79. The number of hydrogen-bond acceptors (Lipinski definition) is 2. The maximum atomic E-state index is 10.0. The summed E-state index contributed by atoms with van der Waals surface area (Å²) in [4.78, 5) is 10.0. The van der Waals surface area contributed by atoms with Crippen LogP contribution in [0.4, 0.5) is 0 Å². The molecule has 1 fully saturated rings. The molecule has 0 aromatic rings. The minimum Gasteiger partial charge on any atom is -0.478 e. The van der Waals surface area contributed by atoms with Gasteiger partial charge >= 0.3 is 5.97 Å². The van der Waals surface area contributed by atoms with Crippen LogP contribution in [0.5, 0.6) is 0 Å². The second-order valence-corrected chi connectivity index (χ2v) is 2.32. The Kier molecular flexibility index (Phi) is 2.45. The summed E-state index contributed by atoms with van der Waals surface area (Å²) in [5, 5.41) is 8.25. The molecule has 1 rings (SSSR count). The van der Waals surface area contributed by atoms with Crippen LogP contribution in [0.15, 0.2) is 12.2 Å². The Morgan fingerprint density at radius 2 is 2.50 bits per heavy atom. The number of carboxylic acid groups (broad SMARTS) is 1. The summed E-state index contributed by atoms with van der Waals surface area (Å²) in [5.74, 6) is -0.567. The van der Waals surface area contributed by atoms with E-state index in [0.717, 1.165) is 13.0 Å². The molecule has 1 aliphatic heterocycles. The van der Waals surface area contributed by atoms with E-state index in [-0.39, 0.29) is 0 Å². The minimum atomic E-state index is -0.882. The van der Waals surface area contributed by atoms with E-state index in [4.69, 9.17) is 9.84 Å². The van der Waals surface area contributed by atoms with Crippen molar-refractivity contribution < 1.29 is 14.6 Å². The second-order valence-electron chi connectivity index (χ2n) is 2.32. The first-order valence-electron chi connectivity index (χ1n) is 3.28. The average Bonchev–Trinajstić information content (AvgIpc) is 2.34. The van der Waals surface area contributed by atoms with Gasteiger partial charge in [-0.3, -0.25) is 0 Å². The number of carboxylic acids is 1. The van der Waals surface area contributed by atoms with Gasteiger partial charge < -0.3 is 9.84 Å². The monoisotopic (exact) mass is 142 g/mol. The normalized spacial score (nSPS) is 25.8. The fourth-order valence-corrected chi connectivity index (χ4v) is 0.923. The van der Waals surface area contributed by atoms with Crippen molar-refractivity contribution in [2.24, 2.45) is 5.92 Å². The van der Waals surface area contributed by atoms with Crippen LogP contribution in [0.1, 0.15) is 6.42 Å². The van der Waals surface area contributed by atoms with Crippen LogP contribution in [0.3, 0.4) is 0 Å². The van der Waals surface area contributed by atoms with Crippen LogP contribution in [-0.2, 0) is 9.53 Å². The zero-order chi connectivity index (χ0) is 7.40. The van der Waals surface area contributed by atoms with E-state index in [1.54, 1.807) is 6.08 Å². The van der Waals surface area contributed by atoms with Gasteiger partial charge in [-0.05, 0) is 6.42 Å². The van der Waals surface area contributed by atoms with E-state index in [0.29, 0.717) is 12.5 Å². The van der Waals surface area contributed by atoms with E-state index in [2.05, 4.69) is 0 Å². The number of aliphatic carboxylic acids is 1. The van der Waals surface area contributed by atoms with E-state index in [9.17, 15) is 4.79 Å². The maximum Gasteiger partial charge on any atom is 0.327 e. The Hall–Kier alpha value is -0.830. The van der Waals surface area contributed by atoms with Crippen molar-refractivity contribution >= 4 is 5.97 Å².